The molecule has 2 saturated heterocycles. The Morgan fingerprint density at radius 3 is 2.17 bits per heavy atom. The van der Waals surface area contributed by atoms with Crippen molar-refractivity contribution in [2.24, 2.45) is 11.8 Å². The number of hydrogen-bond donors (Lipinski definition) is 0. The monoisotopic (exact) mass is 313 g/mol. The number of fused-ring (bicyclic) bond motifs is 5. The first-order valence-electron chi connectivity index (χ1n) is 7.60. The van der Waals surface area contributed by atoms with Gasteiger partial charge in [0.2, 0.25) is 11.8 Å². The van der Waals surface area contributed by atoms with Crippen LogP contribution < -0.4 is 4.90 Å². The zero-order valence-electron chi connectivity index (χ0n) is 12.5. The first-order valence-corrected chi connectivity index (χ1v) is 7.60. The molecule has 1 aromatic carbocycles. The van der Waals surface area contributed by atoms with E-state index in [-0.39, 0.29) is 24.0 Å². The van der Waals surface area contributed by atoms with Crippen LogP contribution in [-0.2, 0) is 19.1 Å². The van der Waals surface area contributed by atoms with Gasteiger partial charge in [-0.05, 0) is 31.2 Å². The van der Waals surface area contributed by atoms with Crippen LogP contribution >= 0.6 is 0 Å². The second kappa shape index (κ2) is 5.03. The number of nitrogens with zero attached hydrogens (tertiary/aromatic N) is 1. The smallest absolute Gasteiger partial charge is 0.338 e. The summed E-state index contributed by atoms with van der Waals surface area (Å²) in [4.78, 5) is 38.1. The zero-order chi connectivity index (χ0) is 16.1. The maximum absolute atomic E-state index is 12.6. The minimum absolute atomic E-state index is 0.235. The molecule has 0 N–H and O–H groups in total. The lowest BCUT2D eigenvalue weighted by Gasteiger charge is -2.17. The fraction of sp³-hybridized carbons (Fsp3) is 0.353. The molecule has 0 radical (unpaired) electrons. The summed E-state index contributed by atoms with van der Waals surface area (Å²) in [5.74, 6) is -1.75. The highest BCUT2D eigenvalue weighted by atomic mass is 16.5. The molecule has 0 aliphatic carbocycles. The van der Waals surface area contributed by atoms with E-state index in [4.69, 9.17) is 9.47 Å². The minimum Gasteiger partial charge on any atom is -0.462 e. The average Bonchev–Trinajstić information content (AvgIpc) is 3.22. The van der Waals surface area contributed by atoms with Gasteiger partial charge in [-0.25, -0.2) is 9.69 Å². The maximum Gasteiger partial charge on any atom is 0.338 e. The standard InChI is InChI=1S/C17H15NO5/c1-2-22-17(21)9-3-5-10(6-4-9)18-15(19)13-11-7-8-12(23-11)14(13)16(18)20/h3-8,11-14H,2H2,1H3/t11-,12-,13-,14+/m0/s1. The van der Waals surface area contributed by atoms with Gasteiger partial charge in [0.1, 0.15) is 0 Å². The molecule has 1 aromatic rings. The second-order valence-electron chi connectivity index (χ2n) is 5.78. The van der Waals surface area contributed by atoms with Gasteiger partial charge in [0.25, 0.3) is 0 Å². The molecule has 0 aromatic heterocycles. The van der Waals surface area contributed by atoms with E-state index >= 15 is 0 Å². The summed E-state index contributed by atoms with van der Waals surface area (Å²) in [5.41, 5.74) is 0.863. The van der Waals surface area contributed by atoms with E-state index < -0.39 is 17.8 Å². The number of anilines is 1. The normalized spacial score (nSPS) is 30.9. The van der Waals surface area contributed by atoms with E-state index in [1.54, 1.807) is 31.2 Å². The number of carbonyl (C=O) groups is 3. The summed E-state index contributed by atoms with van der Waals surface area (Å²) in [6.07, 6.45) is 3.10. The predicted octanol–water partition coefficient (Wildman–Crippen LogP) is 1.31. The third-order valence-corrected chi connectivity index (χ3v) is 4.55. The van der Waals surface area contributed by atoms with Gasteiger partial charge in [0, 0.05) is 0 Å². The molecule has 3 aliphatic rings. The molecule has 6 heteroatoms. The number of hydrogen-bond acceptors (Lipinski definition) is 5. The van der Waals surface area contributed by atoms with E-state index in [2.05, 4.69) is 0 Å². The lowest BCUT2D eigenvalue weighted by Crippen LogP contribution is -2.34. The van der Waals surface area contributed by atoms with Gasteiger partial charge in [-0.3, -0.25) is 9.59 Å². The van der Waals surface area contributed by atoms with Crippen LogP contribution in [0.2, 0.25) is 0 Å². The first kappa shape index (κ1) is 14.1. The topological polar surface area (TPSA) is 72.9 Å². The van der Waals surface area contributed by atoms with Crippen molar-refractivity contribution >= 4 is 23.5 Å². The number of ether oxygens (including phenoxy) is 2. The van der Waals surface area contributed by atoms with Gasteiger partial charge < -0.3 is 9.47 Å². The highest BCUT2D eigenvalue weighted by Gasteiger charge is 2.60. The molecular weight excluding hydrogens is 298 g/mol. The molecule has 0 spiro atoms. The fourth-order valence-corrected chi connectivity index (χ4v) is 3.52. The van der Waals surface area contributed by atoms with Crippen LogP contribution in [0.3, 0.4) is 0 Å². The number of amides is 2. The van der Waals surface area contributed by atoms with Crippen LogP contribution in [0, 0.1) is 11.8 Å². The molecule has 0 unspecified atom stereocenters. The van der Waals surface area contributed by atoms with E-state index in [0.717, 1.165) is 0 Å². The Hall–Kier alpha value is -2.47. The van der Waals surface area contributed by atoms with E-state index in [1.165, 1.54) is 4.90 Å². The van der Waals surface area contributed by atoms with Crippen LogP contribution in [0.15, 0.2) is 36.4 Å². The quantitative estimate of drug-likeness (QED) is 0.478. The van der Waals surface area contributed by atoms with Gasteiger partial charge in [-0.1, -0.05) is 12.2 Å². The third kappa shape index (κ3) is 1.95. The molecule has 118 valence electrons. The fourth-order valence-electron chi connectivity index (χ4n) is 3.52. The molecule has 2 fully saturated rings. The van der Waals surface area contributed by atoms with Crippen LogP contribution in [0.5, 0.6) is 0 Å². The van der Waals surface area contributed by atoms with Crippen molar-refractivity contribution in [3.05, 3.63) is 42.0 Å². The molecule has 23 heavy (non-hydrogen) atoms. The maximum atomic E-state index is 12.6. The molecule has 3 heterocycles. The molecule has 2 amide bonds. The molecule has 6 nitrogen and oxygen atoms in total. The largest absolute Gasteiger partial charge is 0.462 e. The van der Waals surface area contributed by atoms with Crippen molar-refractivity contribution in [3.8, 4) is 0 Å². The number of imide groups is 1. The van der Waals surface area contributed by atoms with Crippen molar-refractivity contribution in [2.75, 3.05) is 11.5 Å². The molecule has 2 bridgehead atoms. The van der Waals surface area contributed by atoms with Crippen molar-refractivity contribution in [1.29, 1.82) is 0 Å². The highest BCUT2D eigenvalue weighted by molar-refractivity contribution is 6.23. The lowest BCUT2D eigenvalue weighted by molar-refractivity contribution is -0.124. The Morgan fingerprint density at radius 1 is 1.09 bits per heavy atom. The number of esters is 1. The van der Waals surface area contributed by atoms with Gasteiger partial charge in [-0.2, -0.15) is 0 Å². The number of rotatable bonds is 3. The molecule has 4 rings (SSSR count). The van der Waals surface area contributed by atoms with Crippen molar-refractivity contribution in [1.82, 2.24) is 0 Å². The SMILES string of the molecule is CCOC(=O)c1ccc(N2C(=O)[C@@H]3[C@H](C2=O)[C@@H]2C=C[C@@H]3O2)cc1. The summed E-state index contributed by atoms with van der Waals surface area (Å²) in [7, 11) is 0. The summed E-state index contributed by atoms with van der Waals surface area (Å²) >= 11 is 0. The molecule has 0 saturated carbocycles. The predicted molar refractivity (Wildman–Crippen MR) is 79.7 cm³/mol. The second-order valence-corrected chi connectivity index (χ2v) is 5.78. The molecule has 3 aliphatic heterocycles. The number of benzene rings is 1. The summed E-state index contributed by atoms with van der Waals surface area (Å²) in [5, 5.41) is 0. The van der Waals surface area contributed by atoms with Crippen LogP contribution in [0.1, 0.15) is 17.3 Å². The van der Waals surface area contributed by atoms with Gasteiger partial charge in [0.15, 0.2) is 0 Å². The lowest BCUT2D eigenvalue weighted by atomic mass is 9.85. The van der Waals surface area contributed by atoms with Crippen LogP contribution in [-0.4, -0.2) is 36.6 Å². The third-order valence-electron chi connectivity index (χ3n) is 4.55. The Morgan fingerprint density at radius 2 is 1.65 bits per heavy atom. The van der Waals surface area contributed by atoms with Crippen LogP contribution in [0.25, 0.3) is 0 Å². The van der Waals surface area contributed by atoms with E-state index in [1.807, 2.05) is 12.2 Å². The highest BCUT2D eigenvalue weighted by Crippen LogP contribution is 2.46. The minimum atomic E-state index is -0.428. The molecule has 4 atom stereocenters. The van der Waals surface area contributed by atoms with Crippen LogP contribution in [0.4, 0.5) is 5.69 Å². The Labute approximate surface area is 132 Å². The zero-order valence-corrected chi connectivity index (χ0v) is 12.5. The summed E-state index contributed by atoms with van der Waals surface area (Å²) < 4.78 is 10.5. The van der Waals surface area contributed by atoms with Crippen molar-refractivity contribution in [3.63, 3.8) is 0 Å². The van der Waals surface area contributed by atoms with E-state index in [0.29, 0.717) is 17.9 Å². The first-order chi connectivity index (χ1) is 11.1. The van der Waals surface area contributed by atoms with Gasteiger partial charge in [-0.15, -0.1) is 0 Å². The Balaban J connectivity index is 1.61. The van der Waals surface area contributed by atoms with Gasteiger partial charge in [0.05, 0.1) is 41.9 Å². The average molecular weight is 313 g/mol. The van der Waals surface area contributed by atoms with Gasteiger partial charge >= 0.3 is 5.97 Å². The van der Waals surface area contributed by atoms with Crippen molar-refractivity contribution < 1.29 is 23.9 Å². The Bertz CT molecular complexity index is 693. The summed E-state index contributed by atoms with van der Waals surface area (Å²) in [6.45, 7) is 2.03. The summed E-state index contributed by atoms with van der Waals surface area (Å²) in [6, 6.07) is 6.31. The number of carbonyl (C=O) groups excluding carboxylic acids is 3. The van der Waals surface area contributed by atoms with E-state index in [9.17, 15) is 14.4 Å². The van der Waals surface area contributed by atoms with Crippen molar-refractivity contribution in [2.45, 2.75) is 19.1 Å². The Kier molecular flexibility index (Phi) is 3.09. The molecular formula is C17H15NO5.